The smallest absolute Gasteiger partial charge is 0.255 e. The summed E-state index contributed by atoms with van der Waals surface area (Å²) in [7, 11) is 0. The fourth-order valence-corrected chi connectivity index (χ4v) is 3.52. The molecule has 3 heterocycles. The molecule has 2 aromatic heterocycles. The summed E-state index contributed by atoms with van der Waals surface area (Å²) >= 11 is 0. The molecule has 30 heavy (non-hydrogen) atoms. The van der Waals surface area contributed by atoms with Crippen molar-refractivity contribution in [3.63, 3.8) is 0 Å². The summed E-state index contributed by atoms with van der Waals surface area (Å²) in [5.74, 6) is 1.15. The van der Waals surface area contributed by atoms with Crippen molar-refractivity contribution in [3.8, 4) is 11.6 Å². The fourth-order valence-electron chi connectivity index (χ4n) is 3.52. The van der Waals surface area contributed by atoms with Crippen LogP contribution in [0.4, 0.5) is 0 Å². The third-order valence-corrected chi connectivity index (χ3v) is 5.07. The molecule has 0 unspecified atom stereocenters. The SMILES string of the molecule is Cc1cc(C)n(-c2ccc(CNC(=O)c3ccccc3OC[C@H]3CCCO3)cn2)n1. The first-order valence-corrected chi connectivity index (χ1v) is 10.2. The van der Waals surface area contributed by atoms with Crippen LogP contribution in [-0.4, -0.2) is 40.0 Å². The maximum Gasteiger partial charge on any atom is 0.255 e. The lowest BCUT2D eigenvalue weighted by Gasteiger charge is -2.14. The Morgan fingerprint density at radius 2 is 2.13 bits per heavy atom. The number of nitrogens with zero attached hydrogens (tertiary/aromatic N) is 3. The third-order valence-electron chi connectivity index (χ3n) is 5.07. The number of para-hydroxylation sites is 1. The van der Waals surface area contributed by atoms with Gasteiger partial charge in [0.2, 0.25) is 0 Å². The molecule has 0 aliphatic carbocycles. The highest BCUT2D eigenvalue weighted by atomic mass is 16.5. The van der Waals surface area contributed by atoms with Crippen LogP contribution in [0.3, 0.4) is 0 Å². The zero-order valence-corrected chi connectivity index (χ0v) is 17.3. The van der Waals surface area contributed by atoms with Gasteiger partial charge >= 0.3 is 0 Å². The van der Waals surface area contributed by atoms with Crippen LogP contribution >= 0.6 is 0 Å². The molecule has 0 radical (unpaired) electrons. The molecule has 156 valence electrons. The fraction of sp³-hybridized carbons (Fsp3) is 0.348. The Balaban J connectivity index is 1.37. The van der Waals surface area contributed by atoms with Gasteiger partial charge in [-0.15, -0.1) is 0 Å². The number of hydrogen-bond donors (Lipinski definition) is 1. The highest BCUT2D eigenvalue weighted by molar-refractivity contribution is 5.96. The van der Waals surface area contributed by atoms with Gasteiger partial charge < -0.3 is 14.8 Å². The number of carbonyl (C=O) groups is 1. The summed E-state index contributed by atoms with van der Waals surface area (Å²) in [6.45, 7) is 5.57. The van der Waals surface area contributed by atoms with Crippen LogP contribution < -0.4 is 10.1 Å². The Kier molecular flexibility index (Phi) is 6.09. The first-order valence-electron chi connectivity index (χ1n) is 10.2. The lowest BCUT2D eigenvalue weighted by atomic mass is 10.1. The van der Waals surface area contributed by atoms with Gasteiger partial charge in [0.1, 0.15) is 12.4 Å². The molecule has 7 nitrogen and oxygen atoms in total. The largest absolute Gasteiger partial charge is 0.490 e. The number of ether oxygens (including phenoxy) is 2. The summed E-state index contributed by atoms with van der Waals surface area (Å²) < 4.78 is 13.3. The standard InChI is InChI=1S/C23H26N4O3/c1-16-12-17(2)27(26-16)22-10-9-18(13-24-22)14-25-23(28)20-7-3-4-8-21(20)30-15-19-6-5-11-29-19/h3-4,7-10,12-13,19H,5-6,11,14-15H2,1-2H3,(H,25,28)/t19-/m1/s1. The van der Waals surface area contributed by atoms with Crippen LogP contribution in [0.1, 0.15) is 40.2 Å². The zero-order valence-electron chi connectivity index (χ0n) is 17.3. The Hall–Kier alpha value is -3.19. The van der Waals surface area contributed by atoms with Gasteiger partial charge in [0.25, 0.3) is 5.91 Å². The number of carbonyl (C=O) groups excluding carboxylic acids is 1. The lowest BCUT2D eigenvalue weighted by molar-refractivity contribution is 0.0670. The van der Waals surface area contributed by atoms with E-state index in [0.717, 1.165) is 42.2 Å². The molecule has 0 bridgehead atoms. The second-order valence-corrected chi connectivity index (χ2v) is 7.49. The summed E-state index contributed by atoms with van der Waals surface area (Å²) in [6.07, 6.45) is 3.91. The van der Waals surface area contributed by atoms with E-state index >= 15 is 0 Å². The van der Waals surface area contributed by atoms with Gasteiger partial charge in [-0.05, 0) is 56.5 Å². The Labute approximate surface area is 176 Å². The lowest BCUT2D eigenvalue weighted by Crippen LogP contribution is -2.24. The van der Waals surface area contributed by atoms with Gasteiger partial charge in [0, 0.05) is 25.0 Å². The summed E-state index contributed by atoms with van der Waals surface area (Å²) in [4.78, 5) is 17.2. The van der Waals surface area contributed by atoms with E-state index in [0.29, 0.717) is 24.5 Å². The van der Waals surface area contributed by atoms with Crippen molar-refractivity contribution in [2.75, 3.05) is 13.2 Å². The number of aromatic nitrogens is 3. The van der Waals surface area contributed by atoms with Gasteiger partial charge in [-0.2, -0.15) is 5.10 Å². The van der Waals surface area contributed by atoms with E-state index < -0.39 is 0 Å². The number of pyridine rings is 1. The van der Waals surface area contributed by atoms with Crippen molar-refractivity contribution < 1.29 is 14.3 Å². The van der Waals surface area contributed by atoms with Crippen molar-refractivity contribution >= 4 is 5.91 Å². The molecule has 1 saturated heterocycles. The van der Waals surface area contributed by atoms with E-state index in [9.17, 15) is 4.79 Å². The van der Waals surface area contributed by atoms with Crippen LogP contribution in [0.5, 0.6) is 5.75 Å². The second-order valence-electron chi connectivity index (χ2n) is 7.49. The van der Waals surface area contributed by atoms with Crippen molar-refractivity contribution in [2.24, 2.45) is 0 Å². The minimum Gasteiger partial charge on any atom is -0.490 e. The molecule has 4 rings (SSSR count). The van der Waals surface area contributed by atoms with Gasteiger partial charge in [0.05, 0.1) is 17.4 Å². The number of hydrogen-bond acceptors (Lipinski definition) is 5. The molecule has 3 aromatic rings. The minimum absolute atomic E-state index is 0.105. The average Bonchev–Trinajstić information content (AvgIpc) is 3.40. The quantitative estimate of drug-likeness (QED) is 0.651. The van der Waals surface area contributed by atoms with Crippen LogP contribution in [0.2, 0.25) is 0 Å². The Morgan fingerprint density at radius 3 is 2.83 bits per heavy atom. The van der Waals surface area contributed by atoms with Gasteiger partial charge in [0.15, 0.2) is 5.82 Å². The Morgan fingerprint density at radius 1 is 1.27 bits per heavy atom. The molecule has 1 aliphatic rings. The first-order chi connectivity index (χ1) is 14.6. The molecule has 1 amide bonds. The van der Waals surface area contributed by atoms with E-state index in [1.54, 1.807) is 16.9 Å². The third kappa shape index (κ3) is 4.68. The Bertz CT molecular complexity index is 1010. The summed E-state index contributed by atoms with van der Waals surface area (Å²) in [5, 5.41) is 7.39. The molecule has 0 saturated carbocycles. The molecular weight excluding hydrogens is 380 g/mol. The molecule has 1 aliphatic heterocycles. The van der Waals surface area contributed by atoms with E-state index in [2.05, 4.69) is 15.4 Å². The van der Waals surface area contributed by atoms with Crippen LogP contribution in [0, 0.1) is 13.8 Å². The van der Waals surface area contributed by atoms with Crippen molar-refractivity contribution in [1.82, 2.24) is 20.1 Å². The first kappa shape index (κ1) is 20.1. The molecule has 1 N–H and O–H groups in total. The van der Waals surface area contributed by atoms with Gasteiger partial charge in [-0.1, -0.05) is 18.2 Å². The van der Waals surface area contributed by atoms with Crippen LogP contribution in [-0.2, 0) is 11.3 Å². The number of nitrogens with one attached hydrogen (secondary N) is 1. The minimum atomic E-state index is -0.180. The monoisotopic (exact) mass is 406 g/mol. The highest BCUT2D eigenvalue weighted by Gasteiger charge is 2.18. The van der Waals surface area contributed by atoms with Crippen molar-refractivity contribution in [3.05, 3.63) is 71.2 Å². The molecule has 1 aromatic carbocycles. The van der Waals surface area contributed by atoms with Crippen LogP contribution in [0.25, 0.3) is 5.82 Å². The van der Waals surface area contributed by atoms with E-state index in [1.807, 2.05) is 50.2 Å². The van der Waals surface area contributed by atoms with Crippen molar-refractivity contribution in [2.45, 2.75) is 39.3 Å². The van der Waals surface area contributed by atoms with E-state index in [1.165, 1.54) is 0 Å². The average molecular weight is 406 g/mol. The molecule has 1 fully saturated rings. The maximum atomic E-state index is 12.7. The molecule has 0 spiro atoms. The van der Waals surface area contributed by atoms with E-state index in [4.69, 9.17) is 9.47 Å². The van der Waals surface area contributed by atoms with Crippen molar-refractivity contribution in [1.29, 1.82) is 0 Å². The second kappa shape index (κ2) is 9.09. The number of benzene rings is 1. The molecule has 7 heteroatoms. The number of aryl methyl sites for hydroxylation is 2. The number of rotatable bonds is 7. The molecule has 1 atom stereocenters. The zero-order chi connectivity index (χ0) is 20.9. The normalized spacial score (nSPS) is 15.9. The van der Waals surface area contributed by atoms with Gasteiger partial charge in [-0.25, -0.2) is 9.67 Å². The van der Waals surface area contributed by atoms with E-state index in [-0.39, 0.29) is 12.0 Å². The summed E-state index contributed by atoms with van der Waals surface area (Å²) in [5.41, 5.74) is 3.40. The summed E-state index contributed by atoms with van der Waals surface area (Å²) in [6, 6.07) is 13.1. The predicted octanol–water partition coefficient (Wildman–Crippen LogP) is 3.37. The maximum absolute atomic E-state index is 12.7. The predicted molar refractivity (Wildman–Crippen MR) is 113 cm³/mol. The number of amides is 1. The topological polar surface area (TPSA) is 78.3 Å². The highest BCUT2D eigenvalue weighted by Crippen LogP contribution is 2.20. The van der Waals surface area contributed by atoms with Crippen LogP contribution in [0.15, 0.2) is 48.7 Å². The molecular formula is C23H26N4O3. The van der Waals surface area contributed by atoms with Gasteiger partial charge in [-0.3, -0.25) is 4.79 Å².